The summed E-state index contributed by atoms with van der Waals surface area (Å²) in [5.41, 5.74) is -0.147. The molecule has 0 bridgehead atoms. The van der Waals surface area contributed by atoms with Crippen LogP contribution in [-0.4, -0.2) is 50.5 Å². The van der Waals surface area contributed by atoms with Gasteiger partial charge < -0.3 is 14.4 Å². The number of sulfonamides is 1. The summed E-state index contributed by atoms with van der Waals surface area (Å²) in [4.78, 5) is 14.3. The number of hydrogen-bond acceptors (Lipinski definition) is 7. The third-order valence-corrected chi connectivity index (χ3v) is 6.98. The first-order valence-corrected chi connectivity index (χ1v) is 12.1. The molecule has 2 aliphatic heterocycles. The molecule has 1 saturated heterocycles. The monoisotopic (exact) mass is 448 g/mol. The number of fused-ring (bicyclic) bond motifs is 1. The first kappa shape index (κ1) is 21.6. The van der Waals surface area contributed by atoms with Crippen molar-refractivity contribution in [3.8, 4) is 11.5 Å². The highest BCUT2D eigenvalue weighted by molar-refractivity contribution is 7.89. The lowest BCUT2D eigenvalue weighted by atomic mass is 10.0. The number of anilines is 1. The molecule has 1 N–H and O–H groups in total. The van der Waals surface area contributed by atoms with Crippen molar-refractivity contribution in [1.82, 2.24) is 14.5 Å². The van der Waals surface area contributed by atoms with Crippen LogP contribution in [0.3, 0.4) is 0 Å². The van der Waals surface area contributed by atoms with Gasteiger partial charge >= 0.3 is 0 Å². The van der Waals surface area contributed by atoms with Crippen molar-refractivity contribution in [2.45, 2.75) is 50.1 Å². The zero-order chi connectivity index (χ0) is 22.0. The van der Waals surface area contributed by atoms with Crippen molar-refractivity contribution in [2.75, 3.05) is 31.2 Å². The van der Waals surface area contributed by atoms with E-state index in [9.17, 15) is 13.2 Å². The van der Waals surface area contributed by atoms with E-state index >= 15 is 0 Å². The Kier molecular flexibility index (Phi) is 6.19. The minimum atomic E-state index is -3.71. The number of hydrogen-bond donors (Lipinski definition) is 1. The van der Waals surface area contributed by atoms with Crippen LogP contribution in [0, 0.1) is 0 Å². The lowest BCUT2D eigenvalue weighted by molar-refractivity contribution is 0.171. The third kappa shape index (κ3) is 4.69. The van der Waals surface area contributed by atoms with Crippen molar-refractivity contribution in [3.05, 3.63) is 40.7 Å². The van der Waals surface area contributed by atoms with E-state index in [-0.39, 0.29) is 29.1 Å². The molecule has 0 spiro atoms. The zero-order valence-electron chi connectivity index (χ0n) is 17.8. The molecule has 2 aliphatic rings. The maximum Gasteiger partial charge on any atom is 0.267 e. The fraction of sp³-hybridized carbons (Fsp3) is 0.524. The standard InChI is InChI=1S/C21H28N4O5S/c1-15(2)25-21(26)9-8-20(23-25)24-10-4-3-5-16(24)14-22-31(27,28)17-6-7-18-19(13-17)30-12-11-29-18/h6-9,13,15-16,22H,3-5,10-12,14H2,1-2H3. The highest BCUT2D eigenvalue weighted by Gasteiger charge is 2.27. The first-order chi connectivity index (χ1) is 14.8. The van der Waals surface area contributed by atoms with E-state index in [1.54, 1.807) is 12.1 Å². The summed E-state index contributed by atoms with van der Waals surface area (Å²) in [5.74, 6) is 1.68. The van der Waals surface area contributed by atoms with E-state index in [1.165, 1.54) is 22.9 Å². The van der Waals surface area contributed by atoms with Crippen molar-refractivity contribution >= 4 is 15.8 Å². The predicted octanol–water partition coefficient (Wildman–Crippen LogP) is 1.93. The van der Waals surface area contributed by atoms with E-state index in [1.807, 2.05) is 13.8 Å². The lowest BCUT2D eigenvalue weighted by Gasteiger charge is -2.36. The largest absolute Gasteiger partial charge is 0.486 e. The van der Waals surface area contributed by atoms with Gasteiger partial charge in [0.05, 0.1) is 10.9 Å². The molecule has 168 valence electrons. The smallest absolute Gasteiger partial charge is 0.267 e. The number of ether oxygens (including phenoxy) is 2. The van der Waals surface area contributed by atoms with Gasteiger partial charge in [0.1, 0.15) is 19.0 Å². The number of nitrogens with one attached hydrogen (secondary N) is 1. The van der Waals surface area contributed by atoms with Crippen LogP contribution in [0.1, 0.15) is 39.2 Å². The molecule has 0 amide bonds. The fourth-order valence-corrected chi connectivity index (χ4v) is 5.02. The summed E-state index contributed by atoms with van der Waals surface area (Å²) in [6.07, 6.45) is 2.84. The second-order valence-corrected chi connectivity index (χ2v) is 9.84. The molecule has 4 rings (SSSR count). The average Bonchev–Trinajstić information content (AvgIpc) is 2.78. The highest BCUT2D eigenvalue weighted by Crippen LogP contribution is 2.32. The predicted molar refractivity (Wildman–Crippen MR) is 116 cm³/mol. The summed E-state index contributed by atoms with van der Waals surface area (Å²) in [6.45, 7) is 5.68. The first-order valence-electron chi connectivity index (χ1n) is 10.6. The third-order valence-electron chi connectivity index (χ3n) is 5.55. The minimum absolute atomic E-state index is 0.0497. The van der Waals surface area contributed by atoms with Crippen molar-refractivity contribution in [2.24, 2.45) is 0 Å². The summed E-state index contributed by atoms with van der Waals surface area (Å²) >= 11 is 0. The molecule has 1 aromatic carbocycles. The summed E-state index contributed by atoms with van der Waals surface area (Å²) < 4.78 is 41.0. The number of benzene rings is 1. The number of piperidine rings is 1. The summed E-state index contributed by atoms with van der Waals surface area (Å²) in [7, 11) is -3.71. The SMILES string of the molecule is CC(C)n1nc(N2CCCCC2CNS(=O)(=O)c2ccc3c(c2)OCCO3)ccc1=O. The molecule has 0 radical (unpaired) electrons. The molecule has 31 heavy (non-hydrogen) atoms. The van der Waals surface area contributed by atoms with Crippen LogP contribution >= 0.6 is 0 Å². The maximum absolute atomic E-state index is 12.9. The van der Waals surface area contributed by atoms with Crippen LogP contribution in [0.25, 0.3) is 0 Å². The van der Waals surface area contributed by atoms with Gasteiger partial charge in [0.2, 0.25) is 10.0 Å². The quantitative estimate of drug-likeness (QED) is 0.720. The molecule has 0 aliphatic carbocycles. The Morgan fingerprint density at radius 1 is 1.13 bits per heavy atom. The van der Waals surface area contributed by atoms with Gasteiger partial charge in [-0.25, -0.2) is 17.8 Å². The second kappa shape index (κ2) is 8.88. The van der Waals surface area contributed by atoms with Crippen LogP contribution < -0.4 is 24.7 Å². The summed E-state index contributed by atoms with van der Waals surface area (Å²) in [5, 5.41) is 4.52. The number of rotatable bonds is 6. The van der Waals surface area contributed by atoms with Crippen molar-refractivity contribution in [3.63, 3.8) is 0 Å². The minimum Gasteiger partial charge on any atom is -0.486 e. The molecule has 1 fully saturated rings. The fourth-order valence-electron chi connectivity index (χ4n) is 3.93. The summed E-state index contributed by atoms with van der Waals surface area (Å²) in [6, 6.07) is 7.78. The Bertz CT molecular complexity index is 1100. The van der Waals surface area contributed by atoms with Gasteiger partial charge in [-0.2, -0.15) is 5.10 Å². The van der Waals surface area contributed by atoms with Gasteiger partial charge in [-0.15, -0.1) is 0 Å². The number of nitrogens with zero attached hydrogens (tertiary/aromatic N) is 3. The van der Waals surface area contributed by atoms with Gasteiger partial charge in [-0.3, -0.25) is 4.79 Å². The van der Waals surface area contributed by atoms with Crippen LogP contribution in [0.2, 0.25) is 0 Å². The van der Waals surface area contributed by atoms with Gasteiger partial charge in [0, 0.05) is 31.3 Å². The number of aromatic nitrogens is 2. The highest BCUT2D eigenvalue weighted by atomic mass is 32.2. The molecule has 1 atom stereocenters. The van der Waals surface area contributed by atoms with E-state index in [0.717, 1.165) is 25.8 Å². The Hall–Kier alpha value is -2.59. The molecular formula is C21H28N4O5S. The normalized spacial score (nSPS) is 18.9. The lowest BCUT2D eigenvalue weighted by Crippen LogP contribution is -2.47. The van der Waals surface area contributed by atoms with Crippen LogP contribution in [-0.2, 0) is 10.0 Å². The van der Waals surface area contributed by atoms with Crippen LogP contribution in [0.5, 0.6) is 11.5 Å². The molecule has 10 heteroatoms. The Balaban J connectivity index is 1.51. The van der Waals surface area contributed by atoms with Gasteiger partial charge in [0.15, 0.2) is 11.5 Å². The van der Waals surface area contributed by atoms with Gasteiger partial charge in [-0.05, 0) is 51.3 Å². The van der Waals surface area contributed by atoms with E-state index in [2.05, 4.69) is 14.7 Å². The molecule has 2 aromatic rings. The van der Waals surface area contributed by atoms with Crippen molar-refractivity contribution < 1.29 is 17.9 Å². The Morgan fingerprint density at radius 3 is 2.68 bits per heavy atom. The Labute approximate surface area is 182 Å². The van der Waals surface area contributed by atoms with Gasteiger partial charge in [-0.1, -0.05) is 0 Å². The van der Waals surface area contributed by atoms with E-state index < -0.39 is 10.0 Å². The second-order valence-electron chi connectivity index (χ2n) is 8.07. The van der Waals surface area contributed by atoms with E-state index in [0.29, 0.717) is 30.5 Å². The molecule has 3 heterocycles. The molecule has 1 unspecified atom stereocenters. The van der Waals surface area contributed by atoms with Gasteiger partial charge in [0.25, 0.3) is 5.56 Å². The van der Waals surface area contributed by atoms with E-state index in [4.69, 9.17) is 9.47 Å². The molecular weight excluding hydrogens is 420 g/mol. The Morgan fingerprint density at radius 2 is 1.90 bits per heavy atom. The molecule has 9 nitrogen and oxygen atoms in total. The molecule has 0 saturated carbocycles. The maximum atomic E-state index is 12.9. The van der Waals surface area contributed by atoms with Crippen LogP contribution in [0.4, 0.5) is 5.82 Å². The average molecular weight is 449 g/mol. The topological polar surface area (TPSA) is 103 Å². The van der Waals surface area contributed by atoms with Crippen molar-refractivity contribution in [1.29, 1.82) is 0 Å². The van der Waals surface area contributed by atoms with Crippen LogP contribution in [0.15, 0.2) is 40.0 Å². The zero-order valence-corrected chi connectivity index (χ0v) is 18.6. The molecule has 1 aromatic heterocycles.